The van der Waals surface area contributed by atoms with Crippen molar-refractivity contribution in [2.75, 3.05) is 6.54 Å². The highest BCUT2D eigenvalue weighted by Gasteiger charge is 2.48. The van der Waals surface area contributed by atoms with Crippen LogP contribution in [0.2, 0.25) is 0 Å². The molecule has 0 radical (unpaired) electrons. The number of pyridine rings is 2. The van der Waals surface area contributed by atoms with Crippen molar-refractivity contribution in [1.29, 1.82) is 0 Å². The fourth-order valence-electron chi connectivity index (χ4n) is 2.55. The zero-order valence-electron chi connectivity index (χ0n) is 12.2. The van der Waals surface area contributed by atoms with Crippen LogP contribution < -0.4 is 5.32 Å². The van der Waals surface area contributed by atoms with E-state index >= 15 is 0 Å². The minimum absolute atomic E-state index is 0.250. The lowest BCUT2D eigenvalue weighted by Crippen LogP contribution is -2.41. The number of carbonyl (C=O) groups excluding carboxylic acids is 2. The quantitative estimate of drug-likeness (QED) is 0.867. The van der Waals surface area contributed by atoms with Crippen molar-refractivity contribution in [3.8, 4) is 0 Å². The van der Waals surface area contributed by atoms with Gasteiger partial charge in [-0.25, -0.2) is 4.79 Å². The van der Waals surface area contributed by atoms with Crippen molar-refractivity contribution in [3.63, 3.8) is 0 Å². The fourth-order valence-corrected chi connectivity index (χ4v) is 2.55. The Morgan fingerprint density at radius 3 is 2.59 bits per heavy atom. The summed E-state index contributed by atoms with van der Waals surface area (Å²) >= 11 is 0. The number of rotatable bonds is 4. The molecule has 6 nitrogen and oxygen atoms in total. The first-order valence-corrected chi connectivity index (χ1v) is 7.06. The van der Waals surface area contributed by atoms with E-state index in [1.54, 1.807) is 37.6 Å². The molecule has 0 aliphatic carbocycles. The van der Waals surface area contributed by atoms with Gasteiger partial charge in [0.15, 0.2) is 0 Å². The van der Waals surface area contributed by atoms with E-state index in [2.05, 4.69) is 15.3 Å². The number of amides is 3. The summed E-state index contributed by atoms with van der Waals surface area (Å²) in [7, 11) is 0. The standard InChI is InChI=1S/C16H16N4O2/c1-16(12-5-9-17-10-6-12)14(21)20(15(22)19-16)11-7-13-4-2-3-8-18-13/h2-6,8-10H,7,11H2,1H3,(H,19,22)/t16-/m1/s1. The predicted molar refractivity (Wildman–Crippen MR) is 79.8 cm³/mol. The normalized spacial score (nSPS) is 21.0. The maximum absolute atomic E-state index is 12.7. The third kappa shape index (κ3) is 2.43. The molecule has 3 amide bonds. The second kappa shape index (κ2) is 5.55. The highest BCUT2D eigenvalue weighted by atomic mass is 16.2. The Morgan fingerprint density at radius 1 is 1.14 bits per heavy atom. The number of nitrogens with one attached hydrogen (secondary N) is 1. The molecule has 1 saturated heterocycles. The van der Waals surface area contributed by atoms with E-state index in [1.165, 1.54) is 4.90 Å². The second-order valence-corrected chi connectivity index (χ2v) is 5.32. The number of nitrogens with zero attached hydrogens (tertiary/aromatic N) is 3. The Morgan fingerprint density at radius 2 is 1.91 bits per heavy atom. The second-order valence-electron chi connectivity index (χ2n) is 5.32. The van der Waals surface area contributed by atoms with Crippen LogP contribution in [0.5, 0.6) is 0 Å². The molecule has 3 heterocycles. The minimum atomic E-state index is -1.04. The van der Waals surface area contributed by atoms with Crippen LogP contribution in [0.4, 0.5) is 4.79 Å². The van der Waals surface area contributed by atoms with Crippen molar-refractivity contribution in [3.05, 3.63) is 60.2 Å². The molecule has 112 valence electrons. The lowest BCUT2D eigenvalue weighted by molar-refractivity contribution is -0.131. The number of hydrogen-bond donors (Lipinski definition) is 1. The summed E-state index contributed by atoms with van der Waals surface area (Å²) in [4.78, 5) is 34.2. The topological polar surface area (TPSA) is 75.2 Å². The lowest BCUT2D eigenvalue weighted by Gasteiger charge is -2.21. The zero-order valence-corrected chi connectivity index (χ0v) is 12.2. The van der Waals surface area contributed by atoms with Crippen LogP contribution in [0.3, 0.4) is 0 Å². The first-order valence-electron chi connectivity index (χ1n) is 7.06. The minimum Gasteiger partial charge on any atom is -0.319 e. The van der Waals surface area contributed by atoms with Gasteiger partial charge in [-0.1, -0.05) is 6.07 Å². The molecule has 2 aromatic heterocycles. The maximum Gasteiger partial charge on any atom is 0.325 e. The van der Waals surface area contributed by atoms with Gasteiger partial charge in [0, 0.05) is 37.3 Å². The third-order valence-corrected chi connectivity index (χ3v) is 3.85. The van der Waals surface area contributed by atoms with E-state index in [1.807, 2.05) is 18.2 Å². The number of urea groups is 1. The van der Waals surface area contributed by atoms with E-state index in [0.717, 1.165) is 11.3 Å². The Kier molecular flexibility index (Phi) is 3.58. The van der Waals surface area contributed by atoms with Crippen molar-refractivity contribution >= 4 is 11.9 Å². The van der Waals surface area contributed by atoms with Crippen LogP contribution in [0.15, 0.2) is 48.9 Å². The number of hydrogen-bond acceptors (Lipinski definition) is 4. The van der Waals surface area contributed by atoms with Crippen molar-refractivity contribution < 1.29 is 9.59 Å². The van der Waals surface area contributed by atoms with Crippen molar-refractivity contribution in [2.45, 2.75) is 18.9 Å². The van der Waals surface area contributed by atoms with Crippen LogP contribution in [0.25, 0.3) is 0 Å². The predicted octanol–water partition coefficient (Wildman–Crippen LogP) is 1.49. The molecule has 0 spiro atoms. The van der Waals surface area contributed by atoms with Crippen molar-refractivity contribution in [1.82, 2.24) is 20.2 Å². The van der Waals surface area contributed by atoms with Gasteiger partial charge in [-0.05, 0) is 36.8 Å². The average molecular weight is 296 g/mol. The van der Waals surface area contributed by atoms with E-state index in [9.17, 15) is 9.59 Å². The largest absolute Gasteiger partial charge is 0.325 e. The fraction of sp³-hybridized carbons (Fsp3) is 0.250. The SMILES string of the molecule is C[C@]1(c2ccncc2)NC(=O)N(CCc2ccccn2)C1=O. The van der Waals surface area contributed by atoms with Crippen LogP contribution >= 0.6 is 0 Å². The summed E-state index contributed by atoms with van der Waals surface area (Å²) in [6.45, 7) is 2.02. The number of imide groups is 1. The molecule has 1 atom stereocenters. The van der Waals surface area contributed by atoms with Crippen LogP contribution in [-0.4, -0.2) is 33.4 Å². The summed E-state index contributed by atoms with van der Waals surface area (Å²) in [6.07, 6.45) is 5.45. The lowest BCUT2D eigenvalue weighted by atomic mass is 9.93. The molecule has 1 aliphatic heterocycles. The van der Waals surface area contributed by atoms with Gasteiger partial charge in [0.05, 0.1) is 0 Å². The van der Waals surface area contributed by atoms with Gasteiger partial charge in [-0.2, -0.15) is 0 Å². The molecule has 6 heteroatoms. The highest BCUT2D eigenvalue weighted by molar-refractivity contribution is 6.07. The Bertz CT molecular complexity index is 690. The molecular formula is C16H16N4O2. The molecule has 3 rings (SSSR count). The monoisotopic (exact) mass is 296 g/mol. The summed E-state index contributed by atoms with van der Waals surface area (Å²) in [5.74, 6) is -0.250. The molecule has 2 aromatic rings. The Balaban J connectivity index is 1.77. The smallest absolute Gasteiger partial charge is 0.319 e. The summed E-state index contributed by atoms with van der Waals surface area (Å²) in [5, 5.41) is 2.77. The van der Waals surface area contributed by atoms with Gasteiger partial charge >= 0.3 is 6.03 Å². The van der Waals surface area contributed by atoms with Gasteiger partial charge in [-0.3, -0.25) is 19.7 Å². The summed E-state index contributed by atoms with van der Waals surface area (Å²) in [5.41, 5.74) is 0.534. The van der Waals surface area contributed by atoms with E-state index in [4.69, 9.17) is 0 Å². The maximum atomic E-state index is 12.7. The number of aromatic nitrogens is 2. The van der Waals surface area contributed by atoms with E-state index < -0.39 is 5.54 Å². The van der Waals surface area contributed by atoms with Gasteiger partial charge in [0.2, 0.25) is 0 Å². The molecule has 0 aromatic carbocycles. The van der Waals surface area contributed by atoms with Gasteiger partial charge in [0.1, 0.15) is 5.54 Å². The van der Waals surface area contributed by atoms with E-state index in [-0.39, 0.29) is 11.9 Å². The number of carbonyl (C=O) groups is 2. The molecule has 0 saturated carbocycles. The van der Waals surface area contributed by atoms with Gasteiger partial charge in [-0.15, -0.1) is 0 Å². The van der Waals surface area contributed by atoms with E-state index in [0.29, 0.717) is 13.0 Å². The van der Waals surface area contributed by atoms with Crippen molar-refractivity contribution in [2.24, 2.45) is 0 Å². The third-order valence-electron chi connectivity index (χ3n) is 3.85. The molecule has 0 bridgehead atoms. The van der Waals surface area contributed by atoms with Gasteiger partial charge in [0.25, 0.3) is 5.91 Å². The first-order chi connectivity index (χ1) is 10.6. The van der Waals surface area contributed by atoms with Crippen LogP contribution in [-0.2, 0) is 16.8 Å². The molecular weight excluding hydrogens is 280 g/mol. The zero-order chi connectivity index (χ0) is 15.6. The molecule has 1 N–H and O–H groups in total. The van der Waals surface area contributed by atoms with Crippen LogP contribution in [0, 0.1) is 0 Å². The molecule has 1 fully saturated rings. The molecule has 0 unspecified atom stereocenters. The Labute approximate surface area is 128 Å². The highest BCUT2D eigenvalue weighted by Crippen LogP contribution is 2.28. The summed E-state index contributed by atoms with van der Waals surface area (Å²) in [6, 6.07) is 8.69. The Hall–Kier alpha value is -2.76. The summed E-state index contributed by atoms with van der Waals surface area (Å²) < 4.78 is 0. The average Bonchev–Trinajstić information content (AvgIpc) is 2.78. The molecule has 22 heavy (non-hydrogen) atoms. The first kappa shape index (κ1) is 14.2. The van der Waals surface area contributed by atoms with Crippen LogP contribution in [0.1, 0.15) is 18.2 Å². The van der Waals surface area contributed by atoms with Gasteiger partial charge < -0.3 is 5.32 Å². The molecule has 1 aliphatic rings.